The van der Waals surface area contributed by atoms with Crippen LogP contribution in [0.2, 0.25) is 0 Å². The molecule has 3 saturated heterocycles. The molecule has 8 aliphatic rings. The maximum Gasteiger partial charge on any atom is 0.331 e. The Morgan fingerprint density at radius 2 is 1.78 bits per heavy atom. The number of thioether (sulfide) groups is 1. The summed E-state index contributed by atoms with van der Waals surface area (Å²) in [4.78, 5) is 19.1. The summed E-state index contributed by atoms with van der Waals surface area (Å²) in [6.07, 6.45) is -0.182. The van der Waals surface area contributed by atoms with Crippen LogP contribution in [0.1, 0.15) is 78.9 Å². The lowest BCUT2D eigenvalue weighted by Gasteiger charge is -2.69. The molecule has 9 atom stereocenters. The van der Waals surface area contributed by atoms with E-state index in [0.29, 0.717) is 41.5 Å². The highest BCUT2D eigenvalue weighted by atomic mass is 32.2. The number of aliphatic hydroxyl groups is 1. The molecule has 8 heterocycles. The topological polar surface area (TPSA) is 133 Å². The number of ether oxygens (including phenoxy) is 4. The number of nitrogens with zero attached hydrogens (tertiary/aromatic N) is 2. The van der Waals surface area contributed by atoms with Gasteiger partial charge in [-0.3, -0.25) is 15.1 Å². The number of piperazine rings is 1. The molecule has 262 valence electrons. The molecule has 0 saturated carbocycles. The Morgan fingerprint density at radius 1 is 0.980 bits per heavy atom. The largest absolute Gasteiger partial charge is 0.508 e. The lowest BCUT2D eigenvalue weighted by atomic mass is 9.64. The van der Waals surface area contributed by atoms with Gasteiger partial charge in [0, 0.05) is 47.2 Å². The summed E-state index contributed by atoms with van der Waals surface area (Å²) in [5.41, 5.74) is 8.24. The van der Waals surface area contributed by atoms with Crippen LogP contribution in [0.5, 0.6) is 28.7 Å². The monoisotopic (exact) mass is 699 g/mol. The van der Waals surface area contributed by atoms with Crippen molar-refractivity contribution in [2.24, 2.45) is 0 Å². The molecule has 12 heteroatoms. The molecule has 0 radical (unpaired) electrons. The van der Waals surface area contributed by atoms with E-state index in [1.165, 1.54) is 0 Å². The zero-order chi connectivity index (χ0) is 34.5. The van der Waals surface area contributed by atoms with Gasteiger partial charge in [0.25, 0.3) is 0 Å². The molecule has 11 nitrogen and oxygen atoms in total. The van der Waals surface area contributed by atoms with E-state index in [1.807, 2.05) is 19.9 Å². The minimum atomic E-state index is -1.15. The smallest absolute Gasteiger partial charge is 0.331 e. The molecule has 50 heavy (non-hydrogen) atoms. The van der Waals surface area contributed by atoms with E-state index in [-0.39, 0.29) is 60.2 Å². The molecule has 1 spiro atoms. The van der Waals surface area contributed by atoms with Crippen molar-refractivity contribution < 1.29 is 39.1 Å². The van der Waals surface area contributed by atoms with E-state index in [9.17, 15) is 20.1 Å². The number of aryl methyl sites for hydroxylation is 2. The van der Waals surface area contributed by atoms with Crippen molar-refractivity contribution in [3.8, 4) is 28.7 Å². The van der Waals surface area contributed by atoms with Gasteiger partial charge in [-0.25, -0.2) is 4.79 Å². The molecule has 3 unspecified atom stereocenters. The molecular formula is C38H41N3O8S. The predicted molar refractivity (Wildman–Crippen MR) is 184 cm³/mol. The second-order valence-corrected chi connectivity index (χ2v) is 16.2. The third-order valence-electron chi connectivity index (χ3n) is 12.9. The standard InChI is InChI=1S/C38H41N3O8S/c1-15-9-22-19(10-24(15)42)6-7-39-38(22)13-50-35-25-17(3)18(4)33-34(49-14-48-33)27(25)23(12-47-37(38)45)41-30(35)29-26-20(8-16(2)32(46-5)31(26)43)21-11-40(29)28(21)36(41)44/h8-10,21,23,28-30,35-36,39,42-44H,6-7,11-14H2,1-5H3/t21?,23-,28+,29-,30?,35+,36-,38+/m0/s1. The number of rotatable bonds is 1. The van der Waals surface area contributed by atoms with Gasteiger partial charge in [0.05, 0.1) is 25.2 Å². The van der Waals surface area contributed by atoms with Crippen LogP contribution in [-0.4, -0.2) is 88.8 Å². The quantitative estimate of drug-likeness (QED) is 0.274. The maximum atomic E-state index is 14.6. The number of methoxy groups -OCH3 is 1. The number of esters is 1. The summed E-state index contributed by atoms with van der Waals surface area (Å²) in [6, 6.07) is 4.57. The number of aromatic hydroxyl groups is 2. The normalized spacial score (nSPS) is 34.2. The summed E-state index contributed by atoms with van der Waals surface area (Å²) in [7, 11) is 1.59. The molecule has 3 aromatic carbocycles. The van der Waals surface area contributed by atoms with Crippen molar-refractivity contribution in [1.29, 1.82) is 0 Å². The Hall–Kier alpha value is -3.68. The predicted octanol–water partition coefficient (Wildman–Crippen LogP) is 4.02. The Labute approximate surface area is 294 Å². The fraction of sp³-hybridized carbons (Fsp3) is 0.500. The Bertz CT molecular complexity index is 2040. The second-order valence-electron chi connectivity index (χ2n) is 15.0. The van der Waals surface area contributed by atoms with E-state index in [2.05, 4.69) is 35.0 Å². The average Bonchev–Trinajstić information content (AvgIpc) is 3.57. The first kappa shape index (κ1) is 31.1. The number of hydrogen-bond acceptors (Lipinski definition) is 12. The third-order valence-corrected chi connectivity index (χ3v) is 14.4. The highest BCUT2D eigenvalue weighted by molar-refractivity contribution is 7.99. The minimum absolute atomic E-state index is 0.00885. The van der Waals surface area contributed by atoms with Crippen LogP contribution in [0.4, 0.5) is 0 Å². The zero-order valence-electron chi connectivity index (χ0n) is 28.7. The van der Waals surface area contributed by atoms with Crippen LogP contribution in [0.3, 0.4) is 0 Å². The second kappa shape index (κ2) is 10.4. The van der Waals surface area contributed by atoms with Crippen molar-refractivity contribution in [3.05, 3.63) is 73.8 Å². The Morgan fingerprint density at radius 3 is 2.58 bits per heavy atom. The third kappa shape index (κ3) is 3.68. The van der Waals surface area contributed by atoms with Crippen LogP contribution in [-0.2, 0) is 21.5 Å². The highest BCUT2D eigenvalue weighted by Crippen LogP contribution is 2.67. The number of benzene rings is 3. The van der Waals surface area contributed by atoms with E-state index in [4.69, 9.17) is 18.9 Å². The van der Waals surface area contributed by atoms with Crippen molar-refractivity contribution in [1.82, 2.24) is 15.1 Å². The van der Waals surface area contributed by atoms with Gasteiger partial charge < -0.3 is 34.3 Å². The van der Waals surface area contributed by atoms with Crippen molar-refractivity contribution >= 4 is 17.7 Å². The summed E-state index contributed by atoms with van der Waals surface area (Å²) in [5, 5.41) is 38.4. The van der Waals surface area contributed by atoms with Gasteiger partial charge in [-0.1, -0.05) is 6.07 Å². The number of phenolic OH excluding ortho intramolecular Hbond substituents is 2. The molecule has 3 aromatic rings. The summed E-state index contributed by atoms with van der Waals surface area (Å²) < 4.78 is 24.5. The molecule has 6 bridgehead atoms. The number of fused-ring (bicyclic) bond motifs is 8. The zero-order valence-corrected chi connectivity index (χ0v) is 29.5. The van der Waals surface area contributed by atoms with Crippen molar-refractivity contribution in [3.63, 3.8) is 0 Å². The van der Waals surface area contributed by atoms with Crippen LogP contribution in [0, 0.1) is 27.7 Å². The van der Waals surface area contributed by atoms with Gasteiger partial charge in [0.2, 0.25) is 6.79 Å². The summed E-state index contributed by atoms with van der Waals surface area (Å²) >= 11 is 1.68. The Kier molecular flexibility index (Phi) is 6.49. The molecule has 0 amide bonds. The first-order valence-corrected chi connectivity index (χ1v) is 18.5. The van der Waals surface area contributed by atoms with Gasteiger partial charge >= 0.3 is 5.97 Å². The molecule has 3 fully saturated rings. The lowest BCUT2D eigenvalue weighted by molar-refractivity contribution is -0.228. The number of hydrogen-bond donors (Lipinski definition) is 4. The SMILES string of the molecule is COc1c(C)cc2c(c1O)[C@H]1C3[C@@H]4SC[C@]5(NCCc6cc(O)c(C)cc65)C(=O)OC[C@@H](c5c6c(c(C)c(C)c54)OCO6)N3[C@@H](O)[C@H]3C2CN31. The van der Waals surface area contributed by atoms with Gasteiger partial charge in [-0.15, -0.1) is 11.8 Å². The summed E-state index contributed by atoms with van der Waals surface area (Å²) in [6.45, 7) is 9.44. The number of phenols is 2. The van der Waals surface area contributed by atoms with E-state index in [0.717, 1.165) is 56.6 Å². The number of nitrogens with one attached hydrogen (secondary N) is 1. The van der Waals surface area contributed by atoms with Gasteiger partial charge in [-0.05, 0) is 90.8 Å². The van der Waals surface area contributed by atoms with Crippen LogP contribution in [0.15, 0.2) is 18.2 Å². The molecule has 0 aliphatic carbocycles. The number of aliphatic hydroxyl groups excluding tert-OH is 1. The van der Waals surface area contributed by atoms with Gasteiger partial charge in [0.15, 0.2) is 28.5 Å². The maximum absolute atomic E-state index is 14.6. The minimum Gasteiger partial charge on any atom is -0.508 e. The van der Waals surface area contributed by atoms with E-state index < -0.39 is 17.8 Å². The van der Waals surface area contributed by atoms with E-state index in [1.54, 1.807) is 24.9 Å². The van der Waals surface area contributed by atoms with E-state index >= 15 is 0 Å². The molecule has 8 aliphatic heterocycles. The molecule has 11 rings (SSSR count). The highest BCUT2D eigenvalue weighted by Gasteiger charge is 2.67. The first-order chi connectivity index (χ1) is 24.1. The van der Waals surface area contributed by atoms with Crippen LogP contribution in [0.25, 0.3) is 0 Å². The average molecular weight is 700 g/mol. The van der Waals surface area contributed by atoms with Gasteiger partial charge in [0.1, 0.15) is 18.6 Å². The number of carbonyl (C=O) groups is 1. The lowest BCUT2D eigenvalue weighted by Crippen LogP contribution is -2.77. The fourth-order valence-corrected chi connectivity index (χ4v) is 12.3. The summed E-state index contributed by atoms with van der Waals surface area (Å²) in [5.74, 6) is 2.22. The first-order valence-electron chi connectivity index (χ1n) is 17.5. The Balaban J connectivity index is 1.22. The fourth-order valence-electron chi connectivity index (χ4n) is 10.5. The van der Waals surface area contributed by atoms with Crippen molar-refractivity contribution in [2.45, 2.75) is 81.2 Å². The number of carbonyl (C=O) groups excluding carboxylic acids is 1. The van der Waals surface area contributed by atoms with Crippen LogP contribution >= 0.6 is 11.8 Å². The molecule has 0 aromatic heterocycles. The molecule has 4 N–H and O–H groups in total. The molecular weight excluding hydrogens is 658 g/mol. The van der Waals surface area contributed by atoms with Gasteiger partial charge in [-0.2, -0.15) is 0 Å². The van der Waals surface area contributed by atoms with Crippen molar-refractivity contribution in [2.75, 3.05) is 39.4 Å². The van der Waals surface area contributed by atoms with Crippen LogP contribution < -0.4 is 19.5 Å².